The van der Waals surface area contributed by atoms with Gasteiger partial charge < -0.3 is 4.74 Å². The van der Waals surface area contributed by atoms with Crippen molar-refractivity contribution >= 4 is 59.4 Å². The highest BCUT2D eigenvalue weighted by Crippen LogP contribution is 2.38. The number of halogens is 4. The molecule has 0 aliphatic heterocycles. The third-order valence-electron chi connectivity index (χ3n) is 3.02. The van der Waals surface area contributed by atoms with Crippen molar-refractivity contribution in [3.63, 3.8) is 0 Å². The molecule has 20 heavy (non-hydrogen) atoms. The Morgan fingerprint density at radius 2 is 1.70 bits per heavy atom. The highest BCUT2D eigenvalue weighted by Gasteiger charge is 2.16. The summed E-state index contributed by atoms with van der Waals surface area (Å²) in [5.41, 5.74) is 3.21. The van der Waals surface area contributed by atoms with E-state index in [2.05, 4.69) is 59.9 Å². The van der Waals surface area contributed by atoms with Gasteiger partial charge in [0.05, 0.1) is 17.0 Å². The van der Waals surface area contributed by atoms with Crippen molar-refractivity contribution in [1.29, 1.82) is 0 Å². The number of hydrogen-bond donors (Lipinski definition) is 0. The fourth-order valence-electron chi connectivity index (χ4n) is 1.88. The second-order valence-corrected chi connectivity index (χ2v) is 7.38. The lowest BCUT2D eigenvalue weighted by Gasteiger charge is -2.15. The molecule has 0 heterocycles. The molecule has 0 saturated carbocycles. The lowest BCUT2D eigenvalue weighted by Crippen LogP contribution is -1.97. The summed E-state index contributed by atoms with van der Waals surface area (Å²) in [7, 11) is 1.64. The van der Waals surface area contributed by atoms with Gasteiger partial charge in [0.2, 0.25) is 0 Å². The SMILES string of the molecule is COc1ccc(C(Cl)c2cc(Br)c(C)cc2Br)cc1Br. The van der Waals surface area contributed by atoms with E-state index in [0.29, 0.717) is 0 Å². The van der Waals surface area contributed by atoms with E-state index in [-0.39, 0.29) is 5.38 Å². The quantitative estimate of drug-likeness (QED) is 0.446. The summed E-state index contributed by atoms with van der Waals surface area (Å²) < 4.78 is 8.19. The average molecular weight is 483 g/mol. The summed E-state index contributed by atoms with van der Waals surface area (Å²) in [6, 6.07) is 9.98. The lowest BCUT2D eigenvalue weighted by molar-refractivity contribution is 0.412. The molecule has 2 rings (SSSR count). The maximum atomic E-state index is 6.62. The topological polar surface area (TPSA) is 9.23 Å². The van der Waals surface area contributed by atoms with Gasteiger partial charge >= 0.3 is 0 Å². The van der Waals surface area contributed by atoms with Crippen molar-refractivity contribution < 1.29 is 4.74 Å². The molecule has 0 aliphatic rings. The van der Waals surface area contributed by atoms with Gasteiger partial charge in [0.15, 0.2) is 0 Å². The van der Waals surface area contributed by atoms with Crippen LogP contribution in [0.15, 0.2) is 43.7 Å². The molecule has 5 heteroatoms. The number of benzene rings is 2. The van der Waals surface area contributed by atoms with Crippen molar-refractivity contribution in [2.45, 2.75) is 12.3 Å². The van der Waals surface area contributed by atoms with Crippen LogP contribution >= 0.6 is 59.4 Å². The van der Waals surface area contributed by atoms with Crippen LogP contribution in [0, 0.1) is 6.92 Å². The minimum atomic E-state index is -0.233. The first-order valence-electron chi connectivity index (χ1n) is 5.87. The van der Waals surface area contributed by atoms with E-state index < -0.39 is 0 Å². The Bertz CT molecular complexity index is 643. The van der Waals surface area contributed by atoms with Crippen LogP contribution in [0.2, 0.25) is 0 Å². The molecule has 0 saturated heterocycles. The highest BCUT2D eigenvalue weighted by atomic mass is 79.9. The molecule has 1 nitrogen and oxygen atoms in total. The molecule has 106 valence electrons. The molecule has 0 fully saturated rings. The minimum Gasteiger partial charge on any atom is -0.496 e. The maximum Gasteiger partial charge on any atom is 0.133 e. The molecule has 2 aromatic rings. The predicted molar refractivity (Wildman–Crippen MR) is 95.0 cm³/mol. The Hall–Kier alpha value is -0.0300. The van der Waals surface area contributed by atoms with Crippen LogP contribution in [-0.2, 0) is 0 Å². The zero-order valence-electron chi connectivity index (χ0n) is 10.9. The van der Waals surface area contributed by atoms with E-state index in [0.717, 1.165) is 30.3 Å². The Labute approximate surface area is 149 Å². The smallest absolute Gasteiger partial charge is 0.133 e. The molecular weight excluding hydrogens is 471 g/mol. The number of aryl methyl sites for hydroxylation is 1. The van der Waals surface area contributed by atoms with Crippen molar-refractivity contribution in [3.05, 3.63) is 60.4 Å². The van der Waals surface area contributed by atoms with Crippen molar-refractivity contribution in [2.75, 3.05) is 7.11 Å². The molecule has 0 aliphatic carbocycles. The molecule has 0 N–H and O–H groups in total. The summed E-state index contributed by atoms with van der Waals surface area (Å²) in [5, 5.41) is -0.233. The molecule has 0 radical (unpaired) electrons. The number of hydrogen-bond acceptors (Lipinski definition) is 1. The fraction of sp³-hybridized carbons (Fsp3) is 0.200. The van der Waals surface area contributed by atoms with E-state index in [9.17, 15) is 0 Å². The van der Waals surface area contributed by atoms with Gasteiger partial charge in [-0.15, -0.1) is 11.6 Å². The van der Waals surface area contributed by atoms with Crippen LogP contribution in [0.1, 0.15) is 22.1 Å². The number of ether oxygens (including phenoxy) is 1. The van der Waals surface area contributed by atoms with Crippen LogP contribution < -0.4 is 4.74 Å². The Kier molecular flexibility index (Phi) is 5.57. The predicted octanol–water partition coefficient (Wildman–Crippen LogP) is 6.62. The molecular formula is C15H12Br3ClO. The average Bonchev–Trinajstić information content (AvgIpc) is 2.42. The summed E-state index contributed by atoms with van der Waals surface area (Å²) in [4.78, 5) is 0. The number of methoxy groups -OCH3 is 1. The van der Waals surface area contributed by atoms with Gasteiger partial charge in [0.1, 0.15) is 5.75 Å². The van der Waals surface area contributed by atoms with E-state index in [1.165, 1.54) is 5.56 Å². The molecule has 0 bridgehead atoms. The third kappa shape index (κ3) is 3.41. The number of alkyl halides is 1. The first kappa shape index (κ1) is 16.3. The van der Waals surface area contributed by atoms with E-state index >= 15 is 0 Å². The molecule has 0 aromatic heterocycles. The molecule has 1 unspecified atom stereocenters. The van der Waals surface area contributed by atoms with Crippen molar-refractivity contribution in [2.24, 2.45) is 0 Å². The number of rotatable bonds is 3. The van der Waals surface area contributed by atoms with Gasteiger partial charge in [-0.3, -0.25) is 0 Å². The lowest BCUT2D eigenvalue weighted by atomic mass is 10.0. The Morgan fingerprint density at radius 3 is 2.30 bits per heavy atom. The van der Waals surface area contributed by atoms with Crippen molar-refractivity contribution in [1.82, 2.24) is 0 Å². The van der Waals surface area contributed by atoms with Crippen LogP contribution in [-0.4, -0.2) is 7.11 Å². The fourth-order valence-corrected chi connectivity index (χ4v) is 3.93. The van der Waals surface area contributed by atoms with Gasteiger partial charge in [0.25, 0.3) is 0 Å². The Morgan fingerprint density at radius 1 is 1.00 bits per heavy atom. The molecule has 0 spiro atoms. The molecule has 0 amide bonds. The summed E-state index contributed by atoms with van der Waals surface area (Å²) in [6.45, 7) is 2.05. The Balaban J connectivity index is 2.43. The van der Waals surface area contributed by atoms with Gasteiger partial charge in [0, 0.05) is 8.95 Å². The minimum absolute atomic E-state index is 0.233. The van der Waals surface area contributed by atoms with Crippen LogP contribution in [0.4, 0.5) is 0 Å². The van der Waals surface area contributed by atoms with Crippen LogP contribution in [0.3, 0.4) is 0 Å². The first-order valence-corrected chi connectivity index (χ1v) is 8.68. The second kappa shape index (κ2) is 6.82. The monoisotopic (exact) mass is 480 g/mol. The van der Waals surface area contributed by atoms with E-state index in [1.54, 1.807) is 7.11 Å². The highest BCUT2D eigenvalue weighted by molar-refractivity contribution is 9.11. The maximum absolute atomic E-state index is 6.62. The standard InChI is InChI=1S/C15H12Br3ClO/c1-8-5-12(17)10(7-11(8)16)15(19)9-3-4-14(20-2)13(18)6-9/h3-7,15H,1-2H3. The van der Waals surface area contributed by atoms with E-state index in [4.69, 9.17) is 16.3 Å². The van der Waals surface area contributed by atoms with Gasteiger partial charge in [-0.1, -0.05) is 37.9 Å². The summed E-state index contributed by atoms with van der Waals surface area (Å²) >= 11 is 17.2. The summed E-state index contributed by atoms with van der Waals surface area (Å²) in [6.07, 6.45) is 0. The third-order valence-corrected chi connectivity index (χ3v) is 5.67. The first-order chi connectivity index (χ1) is 9.43. The second-order valence-electron chi connectivity index (χ2n) is 4.38. The molecule has 1 atom stereocenters. The van der Waals surface area contributed by atoms with Gasteiger partial charge in [-0.25, -0.2) is 0 Å². The summed E-state index contributed by atoms with van der Waals surface area (Å²) in [5.74, 6) is 0.793. The normalized spacial score (nSPS) is 12.3. The molecule has 2 aromatic carbocycles. The van der Waals surface area contributed by atoms with Gasteiger partial charge in [-0.05, 0) is 63.8 Å². The van der Waals surface area contributed by atoms with Crippen LogP contribution in [0.25, 0.3) is 0 Å². The van der Waals surface area contributed by atoms with E-state index in [1.807, 2.05) is 25.1 Å². The van der Waals surface area contributed by atoms with Gasteiger partial charge in [-0.2, -0.15) is 0 Å². The van der Waals surface area contributed by atoms with Crippen LogP contribution in [0.5, 0.6) is 5.75 Å². The zero-order valence-corrected chi connectivity index (χ0v) is 16.4. The largest absolute Gasteiger partial charge is 0.496 e. The zero-order chi connectivity index (χ0) is 14.9. The van der Waals surface area contributed by atoms with Crippen molar-refractivity contribution in [3.8, 4) is 5.75 Å².